The molecule has 2 aromatic carbocycles. The van der Waals surface area contributed by atoms with E-state index in [1.165, 1.54) is 0 Å². The SMILES string of the molecule is COc1ccc(Nc2ccc(NC(=O)c3ccccc3C)nc2)cc1Cl. The summed E-state index contributed by atoms with van der Waals surface area (Å²) >= 11 is 6.12. The first-order chi connectivity index (χ1) is 12.6. The Hall–Kier alpha value is -3.05. The zero-order chi connectivity index (χ0) is 18.5. The van der Waals surface area contributed by atoms with Gasteiger partial charge in [-0.3, -0.25) is 4.79 Å². The molecule has 26 heavy (non-hydrogen) atoms. The molecule has 5 nitrogen and oxygen atoms in total. The molecule has 3 aromatic rings. The van der Waals surface area contributed by atoms with Crippen LogP contribution in [0.5, 0.6) is 5.75 Å². The molecule has 0 saturated carbocycles. The lowest BCUT2D eigenvalue weighted by atomic mass is 10.1. The lowest BCUT2D eigenvalue weighted by molar-refractivity contribution is 0.102. The molecule has 0 aliphatic carbocycles. The van der Waals surface area contributed by atoms with Crippen molar-refractivity contribution in [1.82, 2.24) is 4.98 Å². The number of methoxy groups -OCH3 is 1. The molecule has 2 N–H and O–H groups in total. The van der Waals surface area contributed by atoms with Gasteiger partial charge in [0.15, 0.2) is 0 Å². The third-order valence-corrected chi connectivity index (χ3v) is 4.13. The first-order valence-corrected chi connectivity index (χ1v) is 8.38. The number of halogens is 1. The topological polar surface area (TPSA) is 63.2 Å². The third-order valence-electron chi connectivity index (χ3n) is 3.84. The number of hydrogen-bond donors (Lipinski definition) is 2. The zero-order valence-electron chi connectivity index (χ0n) is 14.4. The van der Waals surface area contributed by atoms with Crippen molar-refractivity contribution in [2.45, 2.75) is 6.92 Å². The van der Waals surface area contributed by atoms with Gasteiger partial charge in [0.1, 0.15) is 11.6 Å². The van der Waals surface area contributed by atoms with Crippen LogP contribution < -0.4 is 15.4 Å². The summed E-state index contributed by atoms with van der Waals surface area (Å²) in [5.74, 6) is 0.916. The number of aryl methyl sites for hydroxylation is 1. The second-order valence-electron chi connectivity index (χ2n) is 5.68. The summed E-state index contributed by atoms with van der Waals surface area (Å²) < 4.78 is 5.14. The van der Waals surface area contributed by atoms with E-state index in [0.717, 1.165) is 16.9 Å². The van der Waals surface area contributed by atoms with Crippen LogP contribution in [0.2, 0.25) is 5.02 Å². The lowest BCUT2D eigenvalue weighted by Crippen LogP contribution is -2.14. The van der Waals surface area contributed by atoms with Gasteiger partial charge in [0.25, 0.3) is 5.91 Å². The molecular weight excluding hydrogens is 350 g/mol. The van der Waals surface area contributed by atoms with Crippen LogP contribution in [-0.4, -0.2) is 18.0 Å². The molecule has 3 rings (SSSR count). The van der Waals surface area contributed by atoms with Crippen molar-refractivity contribution in [3.63, 3.8) is 0 Å². The van der Waals surface area contributed by atoms with Gasteiger partial charge in [0.2, 0.25) is 0 Å². The van der Waals surface area contributed by atoms with Crippen molar-refractivity contribution in [2.24, 2.45) is 0 Å². The summed E-state index contributed by atoms with van der Waals surface area (Å²) in [5, 5.41) is 6.52. The number of nitrogens with one attached hydrogen (secondary N) is 2. The molecule has 0 aliphatic heterocycles. The molecule has 1 aromatic heterocycles. The van der Waals surface area contributed by atoms with Crippen molar-refractivity contribution in [2.75, 3.05) is 17.7 Å². The molecule has 0 unspecified atom stereocenters. The standard InChI is InChI=1S/C20H18ClN3O2/c1-13-5-3-4-6-16(13)20(25)24-19-10-8-15(12-22-19)23-14-7-9-18(26-2)17(21)11-14/h3-12,23H,1-2H3,(H,22,24,25). The van der Waals surface area contributed by atoms with Gasteiger partial charge in [0, 0.05) is 11.3 Å². The van der Waals surface area contributed by atoms with Crippen LogP contribution in [0.1, 0.15) is 15.9 Å². The number of ether oxygens (including phenoxy) is 1. The van der Waals surface area contributed by atoms with Crippen LogP contribution in [0.4, 0.5) is 17.2 Å². The van der Waals surface area contributed by atoms with Crippen molar-refractivity contribution in [3.05, 3.63) is 76.9 Å². The van der Waals surface area contributed by atoms with Crippen molar-refractivity contribution >= 4 is 34.7 Å². The minimum absolute atomic E-state index is 0.182. The number of carbonyl (C=O) groups excluding carboxylic acids is 1. The van der Waals surface area contributed by atoms with Crippen LogP contribution >= 0.6 is 11.6 Å². The lowest BCUT2D eigenvalue weighted by Gasteiger charge is -2.10. The van der Waals surface area contributed by atoms with E-state index in [4.69, 9.17) is 16.3 Å². The molecule has 6 heteroatoms. The Kier molecular flexibility index (Phi) is 5.39. The molecule has 1 heterocycles. The van der Waals surface area contributed by atoms with Gasteiger partial charge in [-0.1, -0.05) is 29.8 Å². The molecule has 1 amide bonds. The van der Waals surface area contributed by atoms with E-state index in [1.54, 1.807) is 37.6 Å². The maximum Gasteiger partial charge on any atom is 0.257 e. The highest BCUT2D eigenvalue weighted by Gasteiger charge is 2.09. The summed E-state index contributed by atoms with van der Waals surface area (Å²) in [6, 6.07) is 16.4. The number of anilines is 3. The fourth-order valence-corrected chi connectivity index (χ4v) is 2.72. The number of nitrogens with zero attached hydrogens (tertiary/aromatic N) is 1. The van der Waals surface area contributed by atoms with Gasteiger partial charge in [-0.25, -0.2) is 4.98 Å². The average molecular weight is 368 g/mol. The fourth-order valence-electron chi connectivity index (χ4n) is 2.46. The average Bonchev–Trinajstić information content (AvgIpc) is 2.64. The van der Waals surface area contributed by atoms with Gasteiger partial charge < -0.3 is 15.4 Å². The summed E-state index contributed by atoms with van der Waals surface area (Å²) in [6.45, 7) is 1.90. The summed E-state index contributed by atoms with van der Waals surface area (Å²) in [4.78, 5) is 16.6. The summed E-state index contributed by atoms with van der Waals surface area (Å²) in [7, 11) is 1.57. The maximum absolute atomic E-state index is 12.3. The van der Waals surface area contributed by atoms with Crippen molar-refractivity contribution in [1.29, 1.82) is 0 Å². The van der Waals surface area contributed by atoms with E-state index in [9.17, 15) is 4.79 Å². The molecule has 0 saturated heterocycles. The molecule has 0 spiro atoms. The Labute approximate surface area is 157 Å². The first-order valence-electron chi connectivity index (χ1n) is 8.00. The predicted octanol–water partition coefficient (Wildman–Crippen LogP) is 5.05. The highest BCUT2D eigenvalue weighted by atomic mass is 35.5. The molecule has 0 bridgehead atoms. The van der Waals surface area contributed by atoms with Crippen LogP contribution in [-0.2, 0) is 0 Å². The second kappa shape index (κ2) is 7.89. The van der Waals surface area contributed by atoms with E-state index >= 15 is 0 Å². The van der Waals surface area contributed by atoms with Gasteiger partial charge in [-0.05, 0) is 48.9 Å². The van der Waals surface area contributed by atoms with Crippen LogP contribution in [0.15, 0.2) is 60.8 Å². The zero-order valence-corrected chi connectivity index (χ0v) is 15.2. The molecule has 0 radical (unpaired) electrons. The number of rotatable bonds is 5. The van der Waals surface area contributed by atoms with E-state index in [0.29, 0.717) is 22.2 Å². The predicted molar refractivity (Wildman–Crippen MR) is 105 cm³/mol. The Morgan fingerprint density at radius 2 is 1.85 bits per heavy atom. The maximum atomic E-state index is 12.3. The van der Waals surface area contributed by atoms with Gasteiger partial charge in [0.05, 0.1) is 24.0 Å². The normalized spacial score (nSPS) is 10.3. The number of hydrogen-bond acceptors (Lipinski definition) is 4. The monoisotopic (exact) mass is 367 g/mol. The highest BCUT2D eigenvalue weighted by Crippen LogP contribution is 2.28. The number of amides is 1. The Morgan fingerprint density at radius 1 is 1.08 bits per heavy atom. The summed E-state index contributed by atoms with van der Waals surface area (Å²) in [6.07, 6.45) is 1.64. The summed E-state index contributed by atoms with van der Waals surface area (Å²) in [5.41, 5.74) is 3.14. The second-order valence-corrected chi connectivity index (χ2v) is 6.08. The van der Waals surface area contributed by atoms with E-state index in [1.807, 2.05) is 37.3 Å². The molecule has 0 aliphatic rings. The molecule has 0 fully saturated rings. The Balaban J connectivity index is 1.68. The van der Waals surface area contributed by atoms with Gasteiger partial charge >= 0.3 is 0 Å². The fraction of sp³-hybridized carbons (Fsp3) is 0.100. The molecular formula is C20H18ClN3O2. The van der Waals surface area contributed by atoms with Gasteiger partial charge in [-0.2, -0.15) is 0 Å². The molecule has 132 valence electrons. The van der Waals surface area contributed by atoms with Gasteiger partial charge in [-0.15, -0.1) is 0 Å². The highest BCUT2D eigenvalue weighted by molar-refractivity contribution is 6.32. The first kappa shape index (κ1) is 17.8. The van der Waals surface area contributed by atoms with Crippen molar-refractivity contribution < 1.29 is 9.53 Å². The van der Waals surface area contributed by atoms with E-state index < -0.39 is 0 Å². The van der Waals surface area contributed by atoms with Crippen LogP contribution in [0, 0.1) is 6.92 Å². The Bertz CT molecular complexity index is 927. The van der Waals surface area contributed by atoms with E-state index in [-0.39, 0.29) is 5.91 Å². The number of carbonyl (C=O) groups is 1. The minimum Gasteiger partial charge on any atom is -0.495 e. The largest absolute Gasteiger partial charge is 0.495 e. The smallest absolute Gasteiger partial charge is 0.257 e. The third kappa shape index (κ3) is 4.13. The number of benzene rings is 2. The Morgan fingerprint density at radius 3 is 2.50 bits per heavy atom. The van der Waals surface area contributed by atoms with Crippen LogP contribution in [0.3, 0.4) is 0 Å². The van der Waals surface area contributed by atoms with Crippen LogP contribution in [0.25, 0.3) is 0 Å². The number of pyridine rings is 1. The molecule has 0 atom stereocenters. The van der Waals surface area contributed by atoms with Crippen molar-refractivity contribution in [3.8, 4) is 5.75 Å². The minimum atomic E-state index is -0.182. The van der Waals surface area contributed by atoms with E-state index in [2.05, 4.69) is 15.6 Å². The quantitative estimate of drug-likeness (QED) is 0.662. The number of aromatic nitrogens is 1.